The molecule has 0 aromatic carbocycles. The van der Waals surface area contributed by atoms with Gasteiger partial charge in [-0.2, -0.15) is 0 Å². The summed E-state index contributed by atoms with van der Waals surface area (Å²) >= 11 is 0. The number of hydrogen-bond acceptors (Lipinski definition) is 3. The van der Waals surface area contributed by atoms with E-state index in [1.165, 1.54) is 0 Å². The predicted molar refractivity (Wildman–Crippen MR) is 82.3 cm³/mol. The molecule has 20 heavy (non-hydrogen) atoms. The van der Waals surface area contributed by atoms with Gasteiger partial charge >= 0.3 is 0 Å². The summed E-state index contributed by atoms with van der Waals surface area (Å²) in [6, 6.07) is 0.293. The highest BCUT2D eigenvalue weighted by Crippen LogP contribution is 2.22. The lowest BCUT2D eigenvalue weighted by Gasteiger charge is -2.29. The van der Waals surface area contributed by atoms with E-state index in [-0.39, 0.29) is 26.7 Å². The van der Waals surface area contributed by atoms with Crippen LogP contribution in [0, 0.1) is 5.92 Å². The van der Waals surface area contributed by atoms with Crippen LogP contribution in [0.15, 0.2) is 0 Å². The maximum absolute atomic E-state index is 11.8. The third kappa shape index (κ3) is 6.37. The number of carbonyl (C=O) groups excluding carboxylic acids is 2. The molecule has 0 bridgehead atoms. The van der Waals surface area contributed by atoms with Gasteiger partial charge in [-0.15, -0.1) is 0 Å². The molecule has 0 saturated heterocycles. The van der Waals surface area contributed by atoms with Crippen molar-refractivity contribution in [3.05, 3.63) is 0 Å². The summed E-state index contributed by atoms with van der Waals surface area (Å²) in [5, 5.41) is 3.12. The van der Waals surface area contributed by atoms with Crippen molar-refractivity contribution in [2.24, 2.45) is 11.7 Å². The Bertz CT molecular complexity index is 322. The molecule has 0 heterocycles. The van der Waals surface area contributed by atoms with Crippen molar-refractivity contribution in [1.29, 1.82) is 0 Å². The SMILES string of the molecule is CCC(C)C(=O)NC1CCC(OCCCC(N)=O)CC1.[HH].[HH]. The van der Waals surface area contributed by atoms with E-state index in [1.807, 2.05) is 13.8 Å². The molecule has 1 fully saturated rings. The van der Waals surface area contributed by atoms with Gasteiger partial charge in [0.2, 0.25) is 11.8 Å². The van der Waals surface area contributed by atoms with E-state index in [0.29, 0.717) is 25.5 Å². The summed E-state index contributed by atoms with van der Waals surface area (Å²) in [7, 11) is 0. The first kappa shape index (κ1) is 17.0. The quantitative estimate of drug-likeness (QED) is 0.672. The monoisotopic (exact) mass is 288 g/mol. The Labute approximate surface area is 124 Å². The summed E-state index contributed by atoms with van der Waals surface area (Å²) in [6.45, 7) is 4.58. The molecule has 0 spiro atoms. The molecule has 1 aliphatic rings. The minimum absolute atomic E-state index is 0. The normalized spacial score (nSPS) is 24.1. The Morgan fingerprint density at radius 3 is 2.55 bits per heavy atom. The van der Waals surface area contributed by atoms with Crippen molar-refractivity contribution < 1.29 is 17.2 Å². The third-order valence-corrected chi connectivity index (χ3v) is 4.00. The van der Waals surface area contributed by atoms with E-state index < -0.39 is 0 Å². The summed E-state index contributed by atoms with van der Waals surface area (Å²) < 4.78 is 5.73. The zero-order valence-electron chi connectivity index (χ0n) is 12.7. The molecule has 1 aliphatic carbocycles. The van der Waals surface area contributed by atoms with Crippen molar-refractivity contribution in [3.8, 4) is 0 Å². The highest BCUT2D eigenvalue weighted by molar-refractivity contribution is 5.78. The van der Waals surface area contributed by atoms with E-state index in [4.69, 9.17) is 10.5 Å². The molecule has 1 atom stereocenters. The number of rotatable bonds is 8. The molecule has 0 aliphatic heterocycles. The van der Waals surface area contributed by atoms with Gasteiger partial charge in [0.1, 0.15) is 0 Å². The number of ether oxygens (including phenoxy) is 1. The van der Waals surface area contributed by atoms with Gasteiger partial charge in [-0.3, -0.25) is 9.59 Å². The summed E-state index contributed by atoms with van der Waals surface area (Å²) in [4.78, 5) is 22.4. The Morgan fingerprint density at radius 1 is 1.35 bits per heavy atom. The molecule has 5 nitrogen and oxygen atoms in total. The molecule has 3 N–H and O–H groups in total. The second kappa shape index (κ2) is 8.95. The number of primary amides is 1. The fourth-order valence-electron chi connectivity index (χ4n) is 2.40. The van der Waals surface area contributed by atoms with Crippen LogP contribution in [0.5, 0.6) is 0 Å². The number of amides is 2. The van der Waals surface area contributed by atoms with Crippen LogP contribution in [-0.2, 0) is 14.3 Å². The van der Waals surface area contributed by atoms with Crippen LogP contribution in [0.25, 0.3) is 0 Å². The van der Waals surface area contributed by atoms with Crippen LogP contribution in [0.4, 0.5) is 0 Å². The summed E-state index contributed by atoms with van der Waals surface area (Å²) in [5.74, 6) is -0.0128. The van der Waals surface area contributed by atoms with Crippen LogP contribution in [0.3, 0.4) is 0 Å². The highest BCUT2D eigenvalue weighted by Gasteiger charge is 2.23. The van der Waals surface area contributed by atoms with Crippen LogP contribution in [0.1, 0.15) is 61.6 Å². The zero-order chi connectivity index (χ0) is 15.0. The van der Waals surface area contributed by atoms with Crippen molar-refractivity contribution in [1.82, 2.24) is 5.32 Å². The molecule has 0 aromatic heterocycles. The number of hydrogen-bond donors (Lipinski definition) is 2. The van der Waals surface area contributed by atoms with Gasteiger partial charge in [0, 0.05) is 27.8 Å². The Morgan fingerprint density at radius 2 is 2.00 bits per heavy atom. The molecule has 0 aromatic rings. The average molecular weight is 288 g/mol. The number of nitrogens with one attached hydrogen (secondary N) is 1. The maximum Gasteiger partial charge on any atom is 0.223 e. The largest absolute Gasteiger partial charge is 0.378 e. The van der Waals surface area contributed by atoms with Gasteiger partial charge in [0.15, 0.2) is 0 Å². The summed E-state index contributed by atoms with van der Waals surface area (Å²) in [6.07, 6.45) is 6.12. The van der Waals surface area contributed by atoms with E-state index in [9.17, 15) is 9.59 Å². The van der Waals surface area contributed by atoms with E-state index in [1.54, 1.807) is 0 Å². The Balaban J connectivity index is 0. The fourth-order valence-corrected chi connectivity index (χ4v) is 2.40. The fraction of sp³-hybridized carbons (Fsp3) is 0.867. The van der Waals surface area contributed by atoms with Crippen molar-refractivity contribution in [2.45, 2.75) is 70.9 Å². The van der Waals surface area contributed by atoms with Gasteiger partial charge in [-0.05, 0) is 38.5 Å². The van der Waals surface area contributed by atoms with Gasteiger partial charge in [0.25, 0.3) is 0 Å². The first-order chi connectivity index (χ1) is 9.52. The van der Waals surface area contributed by atoms with Gasteiger partial charge in [-0.1, -0.05) is 13.8 Å². The van der Waals surface area contributed by atoms with Crippen molar-refractivity contribution in [2.75, 3.05) is 6.61 Å². The standard InChI is InChI=1S/C15H28N2O3.2H2/c1-3-11(2)15(19)17-12-6-8-13(9-7-12)20-10-4-5-14(16)18;;/h11-13H,3-10H2,1-2H3,(H2,16,18)(H,17,19);2*1H. The Hall–Kier alpha value is -1.10. The highest BCUT2D eigenvalue weighted by atomic mass is 16.5. The number of carbonyl (C=O) groups is 2. The smallest absolute Gasteiger partial charge is 0.223 e. The van der Waals surface area contributed by atoms with Crippen molar-refractivity contribution in [3.63, 3.8) is 0 Å². The van der Waals surface area contributed by atoms with Crippen molar-refractivity contribution >= 4 is 11.8 Å². The predicted octanol–water partition coefficient (Wildman–Crippen LogP) is 2.23. The Kier molecular flexibility index (Phi) is 7.59. The molecule has 1 rings (SSSR count). The lowest BCUT2D eigenvalue weighted by atomic mass is 9.92. The topological polar surface area (TPSA) is 81.4 Å². The minimum atomic E-state index is -0.273. The second-order valence-electron chi connectivity index (χ2n) is 5.73. The lowest BCUT2D eigenvalue weighted by molar-refractivity contribution is -0.125. The molecule has 120 valence electrons. The summed E-state index contributed by atoms with van der Waals surface area (Å²) in [5.41, 5.74) is 5.08. The average Bonchev–Trinajstić information content (AvgIpc) is 2.44. The van der Waals surface area contributed by atoms with E-state index >= 15 is 0 Å². The third-order valence-electron chi connectivity index (χ3n) is 4.00. The second-order valence-corrected chi connectivity index (χ2v) is 5.73. The van der Waals surface area contributed by atoms with Gasteiger partial charge in [-0.25, -0.2) is 0 Å². The van der Waals surface area contributed by atoms with Crippen LogP contribution in [-0.4, -0.2) is 30.6 Å². The molecular weight excluding hydrogens is 256 g/mol. The zero-order valence-corrected chi connectivity index (χ0v) is 12.7. The van der Waals surface area contributed by atoms with E-state index in [0.717, 1.165) is 32.1 Å². The van der Waals surface area contributed by atoms with Crippen LogP contribution in [0.2, 0.25) is 0 Å². The molecular formula is C15H32N2O3. The van der Waals surface area contributed by atoms with Gasteiger partial charge in [0.05, 0.1) is 6.10 Å². The molecule has 2 amide bonds. The lowest BCUT2D eigenvalue weighted by Crippen LogP contribution is -2.41. The first-order valence-electron chi connectivity index (χ1n) is 7.73. The number of nitrogens with two attached hydrogens (primary N) is 1. The van der Waals surface area contributed by atoms with E-state index in [2.05, 4.69) is 5.32 Å². The van der Waals surface area contributed by atoms with Gasteiger partial charge < -0.3 is 15.8 Å². The maximum atomic E-state index is 11.8. The van der Waals surface area contributed by atoms with Crippen LogP contribution >= 0.6 is 0 Å². The molecule has 1 unspecified atom stereocenters. The molecule has 5 heteroatoms. The molecule has 1 saturated carbocycles. The minimum Gasteiger partial charge on any atom is -0.378 e. The van der Waals surface area contributed by atoms with Crippen LogP contribution < -0.4 is 11.1 Å². The first-order valence-corrected chi connectivity index (χ1v) is 7.73. The molecule has 0 radical (unpaired) electrons.